The fourth-order valence-electron chi connectivity index (χ4n) is 3.26. The summed E-state index contributed by atoms with van der Waals surface area (Å²) in [6, 6.07) is 9.19. The molecular formula is C17H17N5O2. The first-order valence-electron chi connectivity index (χ1n) is 7.99. The van der Waals surface area contributed by atoms with Gasteiger partial charge in [-0.25, -0.2) is 19.4 Å². The normalized spacial score (nSPS) is 18.0. The Morgan fingerprint density at radius 2 is 2.00 bits per heavy atom. The predicted molar refractivity (Wildman–Crippen MR) is 89.3 cm³/mol. The molecule has 3 heterocycles. The first-order valence-corrected chi connectivity index (χ1v) is 7.99. The highest BCUT2D eigenvalue weighted by atomic mass is 16.4. The first-order chi connectivity index (χ1) is 11.8. The molecule has 0 radical (unpaired) electrons. The Kier molecular flexibility index (Phi) is 3.60. The van der Waals surface area contributed by atoms with Crippen LogP contribution >= 0.6 is 0 Å². The summed E-state index contributed by atoms with van der Waals surface area (Å²) in [5, 5.41) is 14.7. The Morgan fingerprint density at radius 1 is 1.17 bits per heavy atom. The van der Waals surface area contributed by atoms with Crippen LogP contribution in [0.2, 0.25) is 0 Å². The number of hydrogen-bond donors (Lipinski definition) is 1. The fraction of sp³-hybridized carbons (Fsp3) is 0.294. The number of benzene rings is 1. The average Bonchev–Trinajstić information content (AvgIpc) is 3.06. The van der Waals surface area contributed by atoms with Gasteiger partial charge in [-0.1, -0.05) is 18.2 Å². The zero-order chi connectivity index (χ0) is 16.5. The maximum Gasteiger partial charge on any atom is 0.326 e. The van der Waals surface area contributed by atoms with Crippen LogP contribution in [0.15, 0.2) is 42.9 Å². The van der Waals surface area contributed by atoms with Crippen molar-refractivity contribution in [3.05, 3.63) is 42.9 Å². The minimum absolute atomic E-state index is 0.545. The standard InChI is InChI=1S/C17H17N5O2/c23-17(24)14-8-4-5-9-21(14)15-13-10-20-22(16(13)19-11-18-15)12-6-2-1-3-7-12/h1-3,6-7,10-11,14H,4-5,8-9H2,(H,23,24). The Bertz CT molecular complexity index is 877. The van der Waals surface area contributed by atoms with E-state index in [1.165, 1.54) is 6.33 Å². The molecule has 24 heavy (non-hydrogen) atoms. The number of aromatic nitrogens is 4. The van der Waals surface area contributed by atoms with Crippen LogP contribution in [-0.4, -0.2) is 43.4 Å². The molecule has 1 atom stereocenters. The van der Waals surface area contributed by atoms with Crippen LogP contribution in [-0.2, 0) is 4.79 Å². The summed E-state index contributed by atoms with van der Waals surface area (Å²) < 4.78 is 1.75. The van der Waals surface area contributed by atoms with Gasteiger partial charge in [0.25, 0.3) is 0 Å². The molecule has 1 saturated heterocycles. The number of carbonyl (C=O) groups is 1. The highest BCUT2D eigenvalue weighted by molar-refractivity contribution is 5.90. The van der Waals surface area contributed by atoms with Gasteiger partial charge < -0.3 is 10.0 Å². The number of hydrogen-bond acceptors (Lipinski definition) is 5. The van der Waals surface area contributed by atoms with Crippen LogP contribution in [0.25, 0.3) is 16.7 Å². The first kappa shape index (κ1) is 14.6. The largest absolute Gasteiger partial charge is 0.480 e. The van der Waals surface area contributed by atoms with E-state index in [0.717, 1.165) is 23.9 Å². The molecule has 1 fully saturated rings. The fourth-order valence-corrected chi connectivity index (χ4v) is 3.26. The minimum Gasteiger partial charge on any atom is -0.480 e. The lowest BCUT2D eigenvalue weighted by molar-refractivity contribution is -0.139. The zero-order valence-electron chi connectivity index (χ0n) is 13.0. The molecule has 7 nitrogen and oxygen atoms in total. The number of aliphatic carboxylic acids is 1. The van der Waals surface area contributed by atoms with Crippen molar-refractivity contribution < 1.29 is 9.90 Å². The molecule has 0 amide bonds. The van der Waals surface area contributed by atoms with Gasteiger partial charge in [0.2, 0.25) is 0 Å². The number of piperidine rings is 1. The van der Waals surface area contributed by atoms with Gasteiger partial charge in [-0.2, -0.15) is 5.10 Å². The lowest BCUT2D eigenvalue weighted by atomic mass is 10.0. The molecule has 7 heteroatoms. The van der Waals surface area contributed by atoms with Crippen molar-refractivity contribution in [1.82, 2.24) is 19.7 Å². The molecule has 122 valence electrons. The number of rotatable bonds is 3. The number of nitrogens with zero attached hydrogens (tertiary/aromatic N) is 5. The van der Waals surface area contributed by atoms with E-state index in [1.807, 2.05) is 35.2 Å². The average molecular weight is 323 g/mol. The Labute approximate surface area is 138 Å². The van der Waals surface area contributed by atoms with Crippen molar-refractivity contribution >= 4 is 22.8 Å². The van der Waals surface area contributed by atoms with Gasteiger partial charge in [0.05, 0.1) is 17.3 Å². The second-order valence-corrected chi connectivity index (χ2v) is 5.87. The molecule has 1 N–H and O–H groups in total. The topological polar surface area (TPSA) is 84.1 Å². The van der Waals surface area contributed by atoms with E-state index in [0.29, 0.717) is 24.4 Å². The SMILES string of the molecule is O=C(O)C1CCCCN1c1ncnc2c1cnn2-c1ccccc1. The summed E-state index contributed by atoms with van der Waals surface area (Å²) in [6.45, 7) is 0.680. The smallest absolute Gasteiger partial charge is 0.326 e. The van der Waals surface area contributed by atoms with E-state index in [9.17, 15) is 9.90 Å². The molecule has 1 aliphatic rings. The highest BCUT2D eigenvalue weighted by Crippen LogP contribution is 2.29. The molecule has 4 rings (SSSR count). The summed E-state index contributed by atoms with van der Waals surface area (Å²) in [5.74, 6) is -0.161. The minimum atomic E-state index is -0.808. The second-order valence-electron chi connectivity index (χ2n) is 5.87. The van der Waals surface area contributed by atoms with Crippen molar-refractivity contribution in [3.63, 3.8) is 0 Å². The van der Waals surface area contributed by atoms with Crippen molar-refractivity contribution in [2.45, 2.75) is 25.3 Å². The summed E-state index contributed by atoms with van der Waals surface area (Å²) in [5.41, 5.74) is 1.59. The van der Waals surface area contributed by atoms with Gasteiger partial charge in [-0.15, -0.1) is 0 Å². The molecule has 1 unspecified atom stereocenters. The van der Waals surface area contributed by atoms with Crippen molar-refractivity contribution in [2.24, 2.45) is 0 Å². The summed E-state index contributed by atoms with van der Waals surface area (Å²) in [6.07, 6.45) is 5.71. The van der Waals surface area contributed by atoms with Gasteiger partial charge in [-0.05, 0) is 31.4 Å². The van der Waals surface area contributed by atoms with Crippen LogP contribution in [0.1, 0.15) is 19.3 Å². The number of fused-ring (bicyclic) bond motifs is 1. The molecule has 3 aromatic rings. The molecule has 1 aliphatic heterocycles. The Hall–Kier alpha value is -2.96. The van der Waals surface area contributed by atoms with Crippen LogP contribution < -0.4 is 4.90 Å². The van der Waals surface area contributed by atoms with E-state index < -0.39 is 12.0 Å². The highest BCUT2D eigenvalue weighted by Gasteiger charge is 2.31. The van der Waals surface area contributed by atoms with Crippen LogP contribution in [0.4, 0.5) is 5.82 Å². The summed E-state index contributed by atoms with van der Waals surface area (Å²) in [4.78, 5) is 22.2. The monoisotopic (exact) mass is 323 g/mol. The Balaban J connectivity index is 1.83. The van der Waals surface area contributed by atoms with E-state index in [2.05, 4.69) is 15.1 Å². The third kappa shape index (κ3) is 2.38. The quantitative estimate of drug-likeness (QED) is 0.796. The lowest BCUT2D eigenvalue weighted by Crippen LogP contribution is -2.45. The van der Waals surface area contributed by atoms with Crippen LogP contribution in [0, 0.1) is 0 Å². The maximum atomic E-state index is 11.6. The third-order valence-corrected chi connectivity index (χ3v) is 4.41. The van der Waals surface area contributed by atoms with Gasteiger partial charge in [0.1, 0.15) is 18.2 Å². The third-order valence-electron chi connectivity index (χ3n) is 4.41. The van der Waals surface area contributed by atoms with Gasteiger partial charge in [-0.3, -0.25) is 0 Å². The zero-order valence-corrected chi connectivity index (χ0v) is 13.0. The van der Waals surface area contributed by atoms with E-state index in [1.54, 1.807) is 10.9 Å². The number of carboxylic acid groups (broad SMARTS) is 1. The van der Waals surface area contributed by atoms with Crippen molar-refractivity contribution in [3.8, 4) is 5.69 Å². The molecule has 1 aromatic carbocycles. The second kappa shape index (κ2) is 5.92. The van der Waals surface area contributed by atoms with Gasteiger partial charge >= 0.3 is 5.97 Å². The summed E-state index contributed by atoms with van der Waals surface area (Å²) >= 11 is 0. The van der Waals surface area contributed by atoms with E-state index in [-0.39, 0.29) is 0 Å². The van der Waals surface area contributed by atoms with E-state index >= 15 is 0 Å². The van der Waals surface area contributed by atoms with Crippen molar-refractivity contribution in [2.75, 3.05) is 11.4 Å². The predicted octanol–water partition coefficient (Wildman–Crippen LogP) is 2.26. The van der Waals surface area contributed by atoms with Crippen LogP contribution in [0.5, 0.6) is 0 Å². The number of carboxylic acids is 1. The molecule has 0 aliphatic carbocycles. The molecule has 0 spiro atoms. The molecule has 2 aromatic heterocycles. The number of anilines is 1. The van der Waals surface area contributed by atoms with Gasteiger partial charge in [0.15, 0.2) is 5.65 Å². The van der Waals surface area contributed by atoms with Crippen LogP contribution in [0.3, 0.4) is 0 Å². The number of para-hydroxylation sites is 1. The van der Waals surface area contributed by atoms with E-state index in [4.69, 9.17) is 0 Å². The summed E-state index contributed by atoms with van der Waals surface area (Å²) in [7, 11) is 0. The van der Waals surface area contributed by atoms with Crippen molar-refractivity contribution in [1.29, 1.82) is 0 Å². The molecule has 0 bridgehead atoms. The maximum absolute atomic E-state index is 11.6. The Morgan fingerprint density at radius 3 is 2.79 bits per heavy atom. The lowest BCUT2D eigenvalue weighted by Gasteiger charge is -2.33. The molecule has 0 saturated carbocycles. The van der Waals surface area contributed by atoms with Gasteiger partial charge in [0, 0.05) is 6.54 Å². The molecular weight excluding hydrogens is 306 g/mol.